The molecule has 10 nitrogen and oxygen atoms in total. The first-order valence-corrected chi connectivity index (χ1v) is 10.2. The molecule has 13 heteroatoms. The van der Waals surface area contributed by atoms with E-state index in [1.165, 1.54) is 30.0 Å². The Bertz CT molecular complexity index is 1390. The van der Waals surface area contributed by atoms with E-state index in [9.17, 15) is 18.0 Å². The lowest BCUT2D eigenvalue weighted by molar-refractivity contribution is -0.153. The molecule has 4 rings (SSSR count). The van der Waals surface area contributed by atoms with E-state index in [0.29, 0.717) is 16.9 Å². The predicted octanol–water partition coefficient (Wildman–Crippen LogP) is 2.96. The smallest absolute Gasteiger partial charge is 0.422 e. The zero-order valence-electron chi connectivity index (χ0n) is 18.6. The molecule has 3 N–H and O–H groups in total. The molecule has 0 saturated heterocycles. The fourth-order valence-electron chi connectivity index (χ4n) is 3.37. The van der Waals surface area contributed by atoms with Crippen LogP contribution < -0.4 is 20.5 Å². The van der Waals surface area contributed by atoms with Crippen LogP contribution in [0.2, 0.25) is 0 Å². The van der Waals surface area contributed by atoms with E-state index < -0.39 is 18.7 Å². The molecule has 0 aromatic carbocycles. The van der Waals surface area contributed by atoms with Crippen LogP contribution in [0.25, 0.3) is 16.8 Å². The van der Waals surface area contributed by atoms with E-state index in [-0.39, 0.29) is 35.4 Å². The molecule has 0 aliphatic carbocycles. The molecular formula is C22H20F3N7O3. The van der Waals surface area contributed by atoms with Gasteiger partial charge in [0.05, 0.1) is 13.7 Å². The molecule has 0 spiro atoms. The van der Waals surface area contributed by atoms with Gasteiger partial charge in [-0.1, -0.05) is 0 Å². The molecule has 0 aliphatic rings. The third-order valence-electron chi connectivity index (χ3n) is 4.94. The van der Waals surface area contributed by atoms with Crippen molar-refractivity contribution in [1.29, 1.82) is 0 Å². The number of hydrogen-bond acceptors (Lipinski definition) is 8. The van der Waals surface area contributed by atoms with Gasteiger partial charge in [0.25, 0.3) is 5.91 Å². The highest BCUT2D eigenvalue weighted by Gasteiger charge is 2.29. The van der Waals surface area contributed by atoms with E-state index in [1.54, 1.807) is 31.3 Å². The minimum absolute atomic E-state index is 0.0827. The SMILES string of the molecule is COc1nc(C)c(-c2ccn3nc(N)nc3c2)cc1C(=O)NCc1ncccc1OCC(F)(F)F. The van der Waals surface area contributed by atoms with E-state index in [4.69, 9.17) is 15.2 Å². The van der Waals surface area contributed by atoms with Gasteiger partial charge < -0.3 is 20.5 Å². The number of halogens is 3. The number of methoxy groups -OCH3 is 1. The minimum atomic E-state index is -4.51. The van der Waals surface area contributed by atoms with Gasteiger partial charge in [0, 0.05) is 23.7 Å². The second-order valence-electron chi connectivity index (χ2n) is 7.40. The van der Waals surface area contributed by atoms with E-state index in [1.807, 2.05) is 0 Å². The summed E-state index contributed by atoms with van der Waals surface area (Å²) in [6.07, 6.45) is -1.43. The Morgan fingerprint density at radius 1 is 1.23 bits per heavy atom. The summed E-state index contributed by atoms with van der Waals surface area (Å²) >= 11 is 0. The highest BCUT2D eigenvalue weighted by molar-refractivity contribution is 5.97. The minimum Gasteiger partial charge on any atom is -0.482 e. The van der Waals surface area contributed by atoms with Crippen molar-refractivity contribution < 1.29 is 27.4 Å². The quantitative estimate of drug-likeness (QED) is 0.407. The number of hydrogen-bond donors (Lipinski definition) is 2. The lowest BCUT2D eigenvalue weighted by Crippen LogP contribution is -2.25. The molecule has 0 saturated carbocycles. The maximum Gasteiger partial charge on any atom is 0.422 e. The number of amides is 1. The number of carbonyl (C=O) groups is 1. The molecule has 0 unspecified atom stereocenters. The number of pyridine rings is 3. The summed E-state index contributed by atoms with van der Waals surface area (Å²) in [6.45, 7) is 0.116. The Balaban J connectivity index is 1.59. The molecule has 0 radical (unpaired) electrons. The van der Waals surface area contributed by atoms with Gasteiger partial charge >= 0.3 is 6.18 Å². The molecule has 0 atom stereocenters. The first-order valence-electron chi connectivity index (χ1n) is 10.2. The van der Waals surface area contributed by atoms with Crippen molar-refractivity contribution in [3.63, 3.8) is 0 Å². The van der Waals surface area contributed by atoms with Crippen molar-refractivity contribution in [2.24, 2.45) is 0 Å². The molecule has 0 aliphatic heterocycles. The van der Waals surface area contributed by atoms with Gasteiger partial charge in [0.15, 0.2) is 12.3 Å². The summed E-state index contributed by atoms with van der Waals surface area (Å²) in [5.41, 5.74) is 8.40. The van der Waals surface area contributed by atoms with Gasteiger partial charge in [-0.05, 0) is 42.8 Å². The monoisotopic (exact) mass is 487 g/mol. The van der Waals surface area contributed by atoms with Gasteiger partial charge in [0.1, 0.15) is 17.0 Å². The largest absolute Gasteiger partial charge is 0.482 e. The Hall–Kier alpha value is -4.42. The molecular weight excluding hydrogens is 467 g/mol. The summed E-state index contributed by atoms with van der Waals surface area (Å²) in [4.78, 5) is 25.6. The fourth-order valence-corrected chi connectivity index (χ4v) is 3.37. The standard InChI is InChI=1S/C22H20F3N7O3/c1-12-14(13-5-7-32-18(8-13)30-21(26)31-32)9-15(20(29-12)34-2)19(33)28-10-16-17(4-3-6-27-16)35-11-22(23,24)25/h3-9H,10-11H2,1-2H3,(H2,26,31)(H,28,33). The number of aromatic nitrogens is 5. The van der Waals surface area contributed by atoms with Crippen molar-refractivity contribution in [3.8, 4) is 22.8 Å². The van der Waals surface area contributed by atoms with Gasteiger partial charge in [-0.2, -0.15) is 18.2 Å². The number of rotatable bonds is 7. The number of ether oxygens (including phenoxy) is 2. The van der Waals surface area contributed by atoms with Crippen LogP contribution in [0.1, 0.15) is 21.7 Å². The number of alkyl halides is 3. The van der Waals surface area contributed by atoms with Crippen molar-refractivity contribution in [2.45, 2.75) is 19.6 Å². The van der Waals surface area contributed by atoms with Gasteiger partial charge in [-0.25, -0.2) is 9.50 Å². The molecule has 1 amide bonds. The summed E-state index contributed by atoms with van der Waals surface area (Å²) in [6, 6.07) is 7.93. The fraction of sp³-hybridized carbons (Fsp3) is 0.227. The van der Waals surface area contributed by atoms with Crippen LogP contribution >= 0.6 is 0 Å². The predicted molar refractivity (Wildman–Crippen MR) is 119 cm³/mol. The number of nitrogens with zero attached hydrogens (tertiary/aromatic N) is 5. The van der Waals surface area contributed by atoms with Crippen LogP contribution in [0, 0.1) is 6.92 Å². The van der Waals surface area contributed by atoms with Crippen molar-refractivity contribution in [1.82, 2.24) is 29.9 Å². The second-order valence-corrected chi connectivity index (χ2v) is 7.40. The third kappa shape index (κ3) is 5.39. The summed E-state index contributed by atoms with van der Waals surface area (Å²) in [5.74, 6) is -0.428. The number of carbonyl (C=O) groups excluding carboxylic acids is 1. The van der Waals surface area contributed by atoms with Gasteiger partial charge in [0.2, 0.25) is 11.8 Å². The maximum absolute atomic E-state index is 13.0. The Morgan fingerprint density at radius 2 is 2.03 bits per heavy atom. The van der Waals surface area contributed by atoms with Gasteiger partial charge in [-0.15, -0.1) is 5.10 Å². The van der Waals surface area contributed by atoms with Crippen molar-refractivity contribution in [2.75, 3.05) is 19.5 Å². The first-order chi connectivity index (χ1) is 16.6. The average molecular weight is 487 g/mol. The highest BCUT2D eigenvalue weighted by atomic mass is 19.4. The summed E-state index contributed by atoms with van der Waals surface area (Å²) in [5, 5.41) is 6.67. The van der Waals surface area contributed by atoms with Crippen LogP contribution in [0.3, 0.4) is 0 Å². The van der Waals surface area contributed by atoms with Gasteiger partial charge in [-0.3, -0.25) is 9.78 Å². The summed E-state index contributed by atoms with van der Waals surface area (Å²) < 4.78 is 49.2. The molecule has 0 fully saturated rings. The Labute approximate surface area is 196 Å². The zero-order chi connectivity index (χ0) is 25.2. The number of nitrogens with one attached hydrogen (secondary N) is 1. The van der Waals surface area contributed by atoms with Crippen LogP contribution in [-0.4, -0.2) is 50.4 Å². The lowest BCUT2D eigenvalue weighted by Gasteiger charge is -2.14. The number of aryl methyl sites for hydroxylation is 1. The number of nitrogen functional groups attached to an aromatic ring is 1. The number of anilines is 1. The maximum atomic E-state index is 13.0. The molecule has 4 aromatic heterocycles. The van der Waals surface area contributed by atoms with Crippen LogP contribution in [0.4, 0.5) is 19.1 Å². The van der Waals surface area contributed by atoms with E-state index in [2.05, 4.69) is 25.4 Å². The number of fused-ring (bicyclic) bond motifs is 1. The first kappa shape index (κ1) is 23.7. The molecule has 35 heavy (non-hydrogen) atoms. The van der Waals surface area contributed by atoms with Crippen LogP contribution in [-0.2, 0) is 6.54 Å². The molecule has 4 heterocycles. The molecule has 4 aromatic rings. The topological polar surface area (TPSA) is 130 Å². The van der Waals surface area contributed by atoms with Crippen LogP contribution in [0.5, 0.6) is 11.6 Å². The molecule has 182 valence electrons. The lowest BCUT2D eigenvalue weighted by atomic mass is 10.0. The van der Waals surface area contributed by atoms with Crippen LogP contribution in [0.15, 0.2) is 42.7 Å². The average Bonchev–Trinajstić information content (AvgIpc) is 3.20. The highest BCUT2D eigenvalue weighted by Crippen LogP contribution is 2.29. The van der Waals surface area contributed by atoms with E-state index >= 15 is 0 Å². The van der Waals surface area contributed by atoms with Crippen molar-refractivity contribution in [3.05, 3.63) is 59.7 Å². The zero-order valence-corrected chi connectivity index (χ0v) is 18.6. The summed E-state index contributed by atoms with van der Waals surface area (Å²) in [7, 11) is 1.38. The molecule has 0 bridgehead atoms. The van der Waals surface area contributed by atoms with Crippen molar-refractivity contribution >= 4 is 17.5 Å². The Morgan fingerprint density at radius 3 is 2.77 bits per heavy atom. The second kappa shape index (κ2) is 9.44. The normalized spacial score (nSPS) is 11.5. The number of nitrogens with two attached hydrogens (primary N) is 1. The van der Waals surface area contributed by atoms with E-state index in [0.717, 1.165) is 5.56 Å². The third-order valence-corrected chi connectivity index (χ3v) is 4.94. The Kier molecular flexibility index (Phi) is 6.40.